The first-order valence-electron chi connectivity index (χ1n) is 8.47. The van der Waals surface area contributed by atoms with Gasteiger partial charge in [-0.15, -0.1) is 0 Å². The Hall–Kier alpha value is -3.07. The molecule has 3 aromatic carbocycles. The van der Waals surface area contributed by atoms with E-state index in [0.717, 1.165) is 10.4 Å². The number of aromatic nitrogens is 1. The molecule has 0 unspecified atom stereocenters. The van der Waals surface area contributed by atoms with Crippen LogP contribution in [0.5, 0.6) is 0 Å². The molecule has 0 fully saturated rings. The second-order valence-corrected chi connectivity index (χ2v) is 8.79. The molecule has 0 bridgehead atoms. The van der Waals surface area contributed by atoms with Crippen molar-refractivity contribution >= 4 is 62.0 Å². The highest BCUT2D eigenvalue weighted by Gasteiger charge is 2.32. The van der Waals surface area contributed by atoms with Crippen molar-refractivity contribution in [1.82, 2.24) is 4.98 Å². The van der Waals surface area contributed by atoms with Crippen LogP contribution in [0.3, 0.4) is 0 Å². The molecular formula is C20H12Cl2N2O5S. The number of halogens is 2. The summed E-state index contributed by atoms with van der Waals surface area (Å²) in [7, 11) is -4.32. The van der Waals surface area contributed by atoms with Gasteiger partial charge in [-0.1, -0.05) is 41.4 Å². The van der Waals surface area contributed by atoms with Crippen molar-refractivity contribution in [2.45, 2.75) is 4.90 Å². The van der Waals surface area contributed by atoms with E-state index in [1.54, 1.807) is 48.5 Å². The van der Waals surface area contributed by atoms with Crippen molar-refractivity contribution in [3.8, 4) is 0 Å². The number of carboxylic acids is 1. The van der Waals surface area contributed by atoms with Gasteiger partial charge in [-0.2, -0.15) is 9.29 Å². The Kier molecular flexibility index (Phi) is 5.15. The topological polar surface area (TPSA) is 101 Å². The summed E-state index contributed by atoms with van der Waals surface area (Å²) in [5, 5.41) is 9.65. The second kappa shape index (κ2) is 7.64. The molecule has 152 valence electrons. The zero-order valence-corrected chi connectivity index (χ0v) is 17.3. The minimum atomic E-state index is -4.32. The standard InChI is InChI=1S/C20H12Cl2N2O5S/c21-12-6-9-18-17(10-12)23-20(29-18)24(13-4-2-1-3-5-13)30(27,28)14-7-8-16(22)15(11-14)19(25)26/h1-11H,(H,25,26). The molecule has 1 aromatic heterocycles. The summed E-state index contributed by atoms with van der Waals surface area (Å²) in [6.07, 6.45) is 0. The van der Waals surface area contributed by atoms with E-state index in [9.17, 15) is 18.3 Å². The summed E-state index contributed by atoms with van der Waals surface area (Å²) in [6.45, 7) is 0. The van der Waals surface area contributed by atoms with Gasteiger partial charge in [-0.25, -0.2) is 13.2 Å². The van der Waals surface area contributed by atoms with Gasteiger partial charge in [0, 0.05) is 5.02 Å². The Labute approximate surface area is 181 Å². The molecule has 0 aliphatic rings. The number of aromatic carboxylic acids is 1. The van der Waals surface area contributed by atoms with Crippen LogP contribution >= 0.6 is 23.2 Å². The molecule has 1 heterocycles. The summed E-state index contributed by atoms with van der Waals surface area (Å²) < 4.78 is 33.6. The maximum atomic E-state index is 13.5. The molecule has 0 saturated heterocycles. The average Bonchev–Trinajstić information content (AvgIpc) is 3.10. The minimum Gasteiger partial charge on any atom is -0.478 e. The quantitative estimate of drug-likeness (QED) is 0.428. The zero-order valence-electron chi connectivity index (χ0n) is 15.0. The third kappa shape index (κ3) is 3.60. The van der Waals surface area contributed by atoms with Crippen LogP contribution in [0.25, 0.3) is 11.1 Å². The molecule has 10 heteroatoms. The molecule has 7 nitrogen and oxygen atoms in total. The van der Waals surface area contributed by atoms with Gasteiger partial charge in [0.15, 0.2) is 5.58 Å². The molecule has 1 N–H and O–H groups in total. The van der Waals surface area contributed by atoms with Crippen LogP contribution in [-0.4, -0.2) is 24.5 Å². The van der Waals surface area contributed by atoms with Gasteiger partial charge in [-0.3, -0.25) is 0 Å². The predicted molar refractivity (Wildman–Crippen MR) is 113 cm³/mol. The number of benzene rings is 3. The Bertz CT molecular complexity index is 1370. The maximum absolute atomic E-state index is 13.5. The number of hydrogen-bond donors (Lipinski definition) is 1. The molecule has 0 spiro atoms. The Morgan fingerprint density at radius 3 is 2.43 bits per heavy atom. The fraction of sp³-hybridized carbons (Fsp3) is 0. The average molecular weight is 463 g/mol. The molecule has 0 radical (unpaired) electrons. The van der Waals surface area contributed by atoms with Crippen LogP contribution in [0.4, 0.5) is 11.7 Å². The lowest BCUT2D eigenvalue weighted by atomic mass is 10.2. The SMILES string of the molecule is O=C(O)c1cc(S(=O)(=O)N(c2ccccc2)c2nc3cc(Cl)ccc3o2)ccc1Cl. The number of rotatable bonds is 5. The van der Waals surface area contributed by atoms with E-state index < -0.39 is 16.0 Å². The minimum absolute atomic E-state index is 0.0794. The highest BCUT2D eigenvalue weighted by molar-refractivity contribution is 7.93. The van der Waals surface area contributed by atoms with Crippen molar-refractivity contribution in [3.63, 3.8) is 0 Å². The number of sulfonamides is 1. The predicted octanol–water partition coefficient (Wildman–Crippen LogP) is 5.36. The summed E-state index contributed by atoms with van der Waals surface area (Å²) in [5.41, 5.74) is 0.626. The Morgan fingerprint density at radius 2 is 1.73 bits per heavy atom. The summed E-state index contributed by atoms with van der Waals surface area (Å²) in [5.74, 6) is -1.35. The molecule has 4 aromatic rings. The van der Waals surface area contributed by atoms with Gasteiger partial charge in [0.2, 0.25) is 0 Å². The van der Waals surface area contributed by atoms with Crippen LogP contribution in [0.1, 0.15) is 10.4 Å². The normalized spacial score (nSPS) is 11.5. The summed E-state index contributed by atoms with van der Waals surface area (Å²) in [6, 6.07) is 16.1. The summed E-state index contributed by atoms with van der Waals surface area (Å²) >= 11 is 11.9. The number of carboxylic acid groups (broad SMARTS) is 1. The lowest BCUT2D eigenvalue weighted by molar-refractivity contribution is 0.0697. The van der Waals surface area contributed by atoms with E-state index >= 15 is 0 Å². The van der Waals surface area contributed by atoms with E-state index in [1.165, 1.54) is 12.1 Å². The largest absolute Gasteiger partial charge is 0.478 e. The number of hydrogen-bond acceptors (Lipinski definition) is 5. The first-order valence-corrected chi connectivity index (χ1v) is 10.7. The number of para-hydroxylation sites is 1. The van der Waals surface area contributed by atoms with Gasteiger partial charge < -0.3 is 9.52 Å². The van der Waals surface area contributed by atoms with E-state index in [-0.39, 0.29) is 27.2 Å². The second-order valence-electron chi connectivity index (χ2n) is 6.16. The first kappa shape index (κ1) is 20.2. The lowest BCUT2D eigenvalue weighted by Gasteiger charge is -2.21. The van der Waals surface area contributed by atoms with Crippen molar-refractivity contribution in [1.29, 1.82) is 0 Å². The van der Waals surface area contributed by atoms with Crippen LogP contribution in [-0.2, 0) is 10.0 Å². The Morgan fingerprint density at radius 1 is 1.00 bits per heavy atom. The third-order valence-corrected chi connectivity index (χ3v) is 6.47. The Balaban J connectivity index is 1.94. The number of oxazole rings is 1. The highest BCUT2D eigenvalue weighted by atomic mass is 35.5. The molecule has 0 aliphatic carbocycles. The number of anilines is 2. The fourth-order valence-electron chi connectivity index (χ4n) is 2.82. The molecule has 0 amide bonds. The van der Waals surface area contributed by atoms with Gasteiger partial charge in [-0.05, 0) is 48.5 Å². The van der Waals surface area contributed by atoms with Crippen molar-refractivity contribution in [3.05, 3.63) is 82.3 Å². The van der Waals surface area contributed by atoms with Crippen LogP contribution in [0, 0.1) is 0 Å². The third-order valence-electron chi connectivity index (χ3n) is 4.21. The van der Waals surface area contributed by atoms with Crippen LogP contribution < -0.4 is 4.31 Å². The zero-order chi connectivity index (χ0) is 21.5. The van der Waals surface area contributed by atoms with E-state index in [2.05, 4.69) is 4.98 Å². The smallest absolute Gasteiger partial charge is 0.337 e. The molecular weight excluding hydrogens is 451 g/mol. The van der Waals surface area contributed by atoms with Gasteiger partial charge in [0.05, 0.1) is 21.2 Å². The van der Waals surface area contributed by atoms with E-state index in [4.69, 9.17) is 27.6 Å². The first-order chi connectivity index (χ1) is 14.3. The molecule has 30 heavy (non-hydrogen) atoms. The van der Waals surface area contributed by atoms with Crippen molar-refractivity contribution < 1.29 is 22.7 Å². The maximum Gasteiger partial charge on any atom is 0.337 e. The molecule has 0 saturated carbocycles. The molecule has 0 aliphatic heterocycles. The van der Waals surface area contributed by atoms with Crippen molar-refractivity contribution in [2.24, 2.45) is 0 Å². The molecule has 0 atom stereocenters. The highest BCUT2D eigenvalue weighted by Crippen LogP contribution is 2.35. The monoisotopic (exact) mass is 462 g/mol. The fourth-order valence-corrected chi connectivity index (χ4v) is 4.59. The summed E-state index contributed by atoms with van der Waals surface area (Å²) in [4.78, 5) is 15.4. The van der Waals surface area contributed by atoms with Crippen LogP contribution in [0.15, 0.2) is 76.0 Å². The van der Waals surface area contributed by atoms with Gasteiger partial charge >= 0.3 is 12.0 Å². The number of carbonyl (C=O) groups is 1. The van der Waals surface area contributed by atoms with E-state index in [1.807, 2.05) is 0 Å². The number of nitrogens with zero attached hydrogens (tertiary/aromatic N) is 2. The molecule has 4 rings (SSSR count). The van der Waals surface area contributed by atoms with Gasteiger partial charge in [0.25, 0.3) is 10.0 Å². The van der Waals surface area contributed by atoms with Crippen LogP contribution in [0.2, 0.25) is 10.0 Å². The lowest BCUT2D eigenvalue weighted by Crippen LogP contribution is -2.26. The number of fused-ring (bicyclic) bond motifs is 1. The van der Waals surface area contributed by atoms with Gasteiger partial charge in [0.1, 0.15) is 5.52 Å². The van der Waals surface area contributed by atoms with Crippen molar-refractivity contribution in [2.75, 3.05) is 4.31 Å². The van der Waals surface area contributed by atoms with E-state index in [0.29, 0.717) is 16.1 Å².